The van der Waals surface area contributed by atoms with Crippen LogP contribution < -0.4 is 10.6 Å². The lowest BCUT2D eigenvalue weighted by Gasteiger charge is -2.09. The summed E-state index contributed by atoms with van der Waals surface area (Å²) in [5, 5.41) is 5.82. The quantitative estimate of drug-likeness (QED) is 0.911. The van der Waals surface area contributed by atoms with Crippen molar-refractivity contribution in [2.75, 3.05) is 17.7 Å². The molecule has 4 nitrogen and oxygen atoms in total. The number of nitrogens with zero attached hydrogens (tertiary/aromatic N) is 1. The minimum atomic E-state index is -0.233. The maximum absolute atomic E-state index is 12.1. The third kappa shape index (κ3) is 3.12. The van der Waals surface area contributed by atoms with Crippen LogP contribution in [0.2, 0.25) is 0 Å². The molecular weight excluding hydrogens is 306 g/mol. The third-order valence-corrected chi connectivity index (χ3v) is 3.77. The van der Waals surface area contributed by atoms with Crippen molar-refractivity contribution in [1.29, 1.82) is 0 Å². The molecule has 0 radical (unpaired) electrons. The largest absolute Gasteiger partial charge is 0.388 e. The zero-order chi connectivity index (χ0) is 13.8. The number of carbonyl (C=O) groups excluding carboxylic acids is 1. The molecule has 0 aliphatic heterocycles. The summed E-state index contributed by atoms with van der Waals surface area (Å²) in [7, 11) is 1.80. The number of nitrogens with one attached hydrogen (secondary N) is 2. The number of aromatic nitrogens is 1. The Hall–Kier alpha value is -1.88. The van der Waals surface area contributed by atoms with Crippen LogP contribution in [0.25, 0.3) is 0 Å². The lowest BCUT2D eigenvalue weighted by molar-refractivity contribution is 0.102. The molecule has 2 aromatic rings. The van der Waals surface area contributed by atoms with Crippen LogP contribution in [-0.4, -0.2) is 17.9 Å². The minimum absolute atomic E-state index is 0.233. The van der Waals surface area contributed by atoms with Gasteiger partial charge in [0.15, 0.2) is 0 Å². The van der Waals surface area contributed by atoms with E-state index >= 15 is 0 Å². The number of benzene rings is 1. The van der Waals surface area contributed by atoms with Crippen LogP contribution in [0.3, 0.4) is 0 Å². The van der Waals surface area contributed by atoms with Gasteiger partial charge in [-0.25, -0.2) is 0 Å². The van der Waals surface area contributed by atoms with Crippen molar-refractivity contribution in [3.8, 4) is 0 Å². The zero-order valence-electron chi connectivity index (χ0n) is 10.7. The second-order valence-electron chi connectivity index (χ2n) is 4.07. The van der Waals surface area contributed by atoms with Crippen LogP contribution >= 0.6 is 15.9 Å². The smallest absolute Gasteiger partial charge is 0.274 e. The van der Waals surface area contributed by atoms with Gasteiger partial charge in [0.2, 0.25) is 0 Å². The Balaban J connectivity index is 2.23. The first kappa shape index (κ1) is 13.5. The second kappa shape index (κ2) is 5.84. The van der Waals surface area contributed by atoms with Gasteiger partial charge in [0.05, 0.1) is 5.69 Å². The summed E-state index contributed by atoms with van der Waals surface area (Å²) in [6.07, 6.45) is 1.60. The summed E-state index contributed by atoms with van der Waals surface area (Å²) in [4.78, 5) is 16.2. The third-order valence-electron chi connectivity index (χ3n) is 2.72. The van der Waals surface area contributed by atoms with Crippen molar-refractivity contribution in [2.45, 2.75) is 6.92 Å². The maximum atomic E-state index is 12.1. The van der Waals surface area contributed by atoms with Gasteiger partial charge >= 0.3 is 0 Å². The Kier molecular flexibility index (Phi) is 4.16. The van der Waals surface area contributed by atoms with Crippen molar-refractivity contribution in [3.05, 3.63) is 52.3 Å². The summed E-state index contributed by atoms with van der Waals surface area (Å²) in [5.74, 6) is -0.233. The molecule has 2 N–H and O–H groups in total. The molecule has 0 aliphatic rings. The van der Waals surface area contributed by atoms with E-state index in [-0.39, 0.29) is 5.91 Å². The average Bonchev–Trinajstić information content (AvgIpc) is 2.44. The van der Waals surface area contributed by atoms with Gasteiger partial charge in [-0.1, -0.05) is 12.1 Å². The van der Waals surface area contributed by atoms with Crippen LogP contribution in [0.1, 0.15) is 16.1 Å². The van der Waals surface area contributed by atoms with Crippen LogP contribution in [0, 0.1) is 6.92 Å². The summed E-state index contributed by atoms with van der Waals surface area (Å²) in [6, 6.07) is 9.22. The number of halogens is 1. The van der Waals surface area contributed by atoms with E-state index in [1.807, 2.05) is 25.1 Å². The van der Waals surface area contributed by atoms with E-state index in [0.29, 0.717) is 5.69 Å². The first-order chi connectivity index (χ1) is 9.11. The van der Waals surface area contributed by atoms with Crippen molar-refractivity contribution in [1.82, 2.24) is 4.98 Å². The Morgan fingerprint density at radius 3 is 2.84 bits per heavy atom. The second-order valence-corrected chi connectivity index (χ2v) is 4.86. The lowest BCUT2D eigenvalue weighted by Crippen LogP contribution is -2.14. The molecule has 0 saturated carbocycles. The Morgan fingerprint density at radius 2 is 2.11 bits per heavy atom. The standard InChI is InChI=1S/C14H14BrN3O/c1-9-4-3-5-11(13(9)15)18-14(19)12-8-10(16-2)6-7-17-12/h3-8H,1-2H3,(H,16,17)(H,18,19). The number of amides is 1. The van der Waals surface area contributed by atoms with Crippen molar-refractivity contribution in [3.63, 3.8) is 0 Å². The molecule has 0 bridgehead atoms. The van der Waals surface area contributed by atoms with Gasteiger partial charge < -0.3 is 10.6 Å². The number of anilines is 2. The van der Waals surface area contributed by atoms with Gasteiger partial charge in [-0.3, -0.25) is 9.78 Å². The van der Waals surface area contributed by atoms with Gasteiger partial charge in [-0.2, -0.15) is 0 Å². The predicted octanol–water partition coefficient (Wildman–Crippen LogP) is 3.45. The Labute approximate surface area is 120 Å². The van der Waals surface area contributed by atoms with Crippen LogP contribution in [0.5, 0.6) is 0 Å². The fraction of sp³-hybridized carbons (Fsp3) is 0.143. The highest BCUT2D eigenvalue weighted by molar-refractivity contribution is 9.10. The van der Waals surface area contributed by atoms with Crippen LogP contribution in [-0.2, 0) is 0 Å². The average molecular weight is 320 g/mol. The number of rotatable bonds is 3. The van der Waals surface area contributed by atoms with E-state index in [2.05, 4.69) is 31.5 Å². The van der Waals surface area contributed by atoms with E-state index in [0.717, 1.165) is 21.4 Å². The molecule has 0 unspecified atom stereocenters. The molecule has 1 aromatic heterocycles. The van der Waals surface area contributed by atoms with E-state index in [9.17, 15) is 4.79 Å². The minimum Gasteiger partial charge on any atom is -0.388 e. The van der Waals surface area contributed by atoms with Crippen molar-refractivity contribution < 1.29 is 4.79 Å². The molecule has 98 valence electrons. The lowest BCUT2D eigenvalue weighted by atomic mass is 10.2. The number of pyridine rings is 1. The first-order valence-corrected chi connectivity index (χ1v) is 6.61. The highest BCUT2D eigenvalue weighted by atomic mass is 79.9. The fourth-order valence-electron chi connectivity index (χ4n) is 1.64. The number of hydrogen-bond donors (Lipinski definition) is 2. The van der Waals surface area contributed by atoms with E-state index < -0.39 is 0 Å². The summed E-state index contributed by atoms with van der Waals surface area (Å²) < 4.78 is 0.883. The fourth-order valence-corrected chi connectivity index (χ4v) is 2.00. The Bertz CT molecular complexity index is 613. The molecule has 5 heteroatoms. The van der Waals surface area contributed by atoms with E-state index in [4.69, 9.17) is 0 Å². The highest BCUT2D eigenvalue weighted by Gasteiger charge is 2.10. The SMILES string of the molecule is CNc1ccnc(C(=O)Nc2cccc(C)c2Br)c1. The van der Waals surface area contributed by atoms with Gasteiger partial charge in [0.25, 0.3) is 5.91 Å². The van der Waals surface area contributed by atoms with E-state index in [1.165, 1.54) is 0 Å². The number of carbonyl (C=O) groups is 1. The van der Waals surface area contributed by atoms with E-state index in [1.54, 1.807) is 25.4 Å². The molecule has 0 atom stereocenters. The van der Waals surface area contributed by atoms with Gasteiger partial charge in [-0.05, 0) is 46.6 Å². The maximum Gasteiger partial charge on any atom is 0.274 e. The number of aryl methyl sites for hydroxylation is 1. The molecule has 19 heavy (non-hydrogen) atoms. The van der Waals surface area contributed by atoms with Crippen LogP contribution in [0.4, 0.5) is 11.4 Å². The predicted molar refractivity (Wildman–Crippen MR) is 80.6 cm³/mol. The first-order valence-electron chi connectivity index (χ1n) is 5.82. The number of hydrogen-bond acceptors (Lipinski definition) is 3. The summed E-state index contributed by atoms with van der Waals surface area (Å²) >= 11 is 3.46. The molecule has 0 aliphatic carbocycles. The Morgan fingerprint density at radius 1 is 1.32 bits per heavy atom. The normalized spacial score (nSPS) is 10.1. The van der Waals surface area contributed by atoms with Gasteiger partial charge in [0, 0.05) is 23.4 Å². The topological polar surface area (TPSA) is 54.0 Å². The zero-order valence-corrected chi connectivity index (χ0v) is 12.3. The van der Waals surface area contributed by atoms with Gasteiger partial charge in [0.1, 0.15) is 5.69 Å². The van der Waals surface area contributed by atoms with Crippen molar-refractivity contribution in [2.24, 2.45) is 0 Å². The molecule has 0 saturated heterocycles. The molecule has 0 fully saturated rings. The molecule has 1 heterocycles. The van der Waals surface area contributed by atoms with Crippen LogP contribution in [0.15, 0.2) is 41.0 Å². The van der Waals surface area contributed by atoms with Crippen molar-refractivity contribution >= 4 is 33.2 Å². The molecule has 1 amide bonds. The monoisotopic (exact) mass is 319 g/mol. The molecule has 2 rings (SSSR count). The highest BCUT2D eigenvalue weighted by Crippen LogP contribution is 2.26. The molecule has 0 spiro atoms. The summed E-state index contributed by atoms with van der Waals surface area (Å²) in [5.41, 5.74) is 3.03. The molecular formula is C14H14BrN3O. The summed E-state index contributed by atoms with van der Waals surface area (Å²) in [6.45, 7) is 1.97. The molecule has 1 aromatic carbocycles. The van der Waals surface area contributed by atoms with Gasteiger partial charge in [-0.15, -0.1) is 0 Å².